The molecule has 1 amide bonds. The maximum atomic E-state index is 11.9. The number of likely N-dealkylation sites (tertiary alicyclic amines) is 1. The predicted octanol–water partition coefficient (Wildman–Crippen LogP) is 1.40. The topological polar surface area (TPSA) is 52.6 Å². The molecule has 0 bridgehead atoms. The Morgan fingerprint density at radius 1 is 1.40 bits per heavy atom. The van der Waals surface area contributed by atoms with Gasteiger partial charge in [-0.15, -0.1) is 0 Å². The van der Waals surface area contributed by atoms with Crippen molar-refractivity contribution in [3.63, 3.8) is 0 Å². The average Bonchev–Trinajstić information content (AvgIpc) is 2.48. The number of aliphatic hydroxyl groups excluding tert-OH is 1. The minimum absolute atomic E-state index is 0.0556. The van der Waals surface area contributed by atoms with E-state index in [-0.39, 0.29) is 12.0 Å². The Labute approximate surface area is 120 Å². The Bertz CT molecular complexity index is 422. The number of amides is 1. The fourth-order valence-corrected chi connectivity index (χ4v) is 2.70. The average molecular weight is 276 g/mol. The van der Waals surface area contributed by atoms with E-state index in [4.69, 9.17) is 0 Å². The second-order valence-corrected chi connectivity index (χ2v) is 5.52. The Morgan fingerprint density at radius 2 is 2.15 bits per heavy atom. The van der Waals surface area contributed by atoms with E-state index < -0.39 is 0 Å². The molecule has 4 nitrogen and oxygen atoms in total. The predicted molar refractivity (Wildman–Crippen MR) is 79.1 cm³/mol. The summed E-state index contributed by atoms with van der Waals surface area (Å²) in [6, 6.07) is 9.92. The maximum Gasteiger partial charge on any atom is 0.234 e. The number of carbonyl (C=O) groups is 1. The van der Waals surface area contributed by atoms with Crippen LogP contribution in [0.5, 0.6) is 0 Å². The molecule has 110 valence electrons. The highest BCUT2D eigenvalue weighted by Crippen LogP contribution is 2.19. The van der Waals surface area contributed by atoms with Gasteiger partial charge in [-0.1, -0.05) is 37.3 Å². The standard InChI is InChI=1S/C16H24N2O2/c1-2-14-11-18(9-8-15(14)19)12-16(20)17-10-13-6-4-3-5-7-13/h3-7,14-15,19H,2,8-12H2,1H3,(H,17,20). The van der Waals surface area contributed by atoms with E-state index in [1.807, 2.05) is 30.3 Å². The lowest BCUT2D eigenvalue weighted by Crippen LogP contribution is -2.46. The summed E-state index contributed by atoms with van der Waals surface area (Å²) in [4.78, 5) is 14.1. The third-order valence-corrected chi connectivity index (χ3v) is 4.00. The third-order valence-electron chi connectivity index (χ3n) is 4.00. The van der Waals surface area contributed by atoms with Gasteiger partial charge in [0.1, 0.15) is 0 Å². The molecule has 1 aliphatic rings. The van der Waals surface area contributed by atoms with Crippen molar-refractivity contribution in [1.29, 1.82) is 0 Å². The van der Waals surface area contributed by atoms with E-state index in [1.54, 1.807) is 0 Å². The van der Waals surface area contributed by atoms with Crippen LogP contribution in [0.2, 0.25) is 0 Å². The normalized spacial score (nSPS) is 23.5. The minimum Gasteiger partial charge on any atom is -0.393 e. The molecule has 1 fully saturated rings. The molecule has 0 spiro atoms. The number of hydrogen-bond donors (Lipinski definition) is 2. The van der Waals surface area contributed by atoms with Crippen molar-refractivity contribution in [2.45, 2.75) is 32.4 Å². The summed E-state index contributed by atoms with van der Waals surface area (Å²) >= 11 is 0. The van der Waals surface area contributed by atoms with Crippen LogP contribution in [-0.4, -0.2) is 41.7 Å². The Morgan fingerprint density at radius 3 is 2.85 bits per heavy atom. The molecule has 4 heteroatoms. The first-order valence-corrected chi connectivity index (χ1v) is 7.40. The molecule has 20 heavy (non-hydrogen) atoms. The van der Waals surface area contributed by atoms with Crippen molar-refractivity contribution in [2.24, 2.45) is 5.92 Å². The van der Waals surface area contributed by atoms with Crippen LogP contribution in [0.3, 0.4) is 0 Å². The van der Waals surface area contributed by atoms with E-state index >= 15 is 0 Å². The van der Waals surface area contributed by atoms with Gasteiger partial charge in [0, 0.05) is 19.6 Å². The molecule has 2 atom stereocenters. The number of nitrogens with one attached hydrogen (secondary N) is 1. The molecule has 0 aliphatic carbocycles. The summed E-state index contributed by atoms with van der Waals surface area (Å²) in [5.41, 5.74) is 1.11. The van der Waals surface area contributed by atoms with Crippen LogP contribution in [0.15, 0.2) is 30.3 Å². The number of carbonyl (C=O) groups excluding carboxylic acids is 1. The van der Waals surface area contributed by atoms with Crippen LogP contribution in [0.25, 0.3) is 0 Å². The first-order chi connectivity index (χ1) is 9.69. The maximum absolute atomic E-state index is 11.9. The quantitative estimate of drug-likeness (QED) is 0.854. The molecular weight excluding hydrogens is 252 g/mol. The molecule has 1 aromatic rings. The molecule has 0 radical (unpaired) electrons. The van der Waals surface area contributed by atoms with Gasteiger partial charge in [0.05, 0.1) is 12.6 Å². The molecule has 2 unspecified atom stereocenters. The minimum atomic E-state index is -0.205. The van der Waals surface area contributed by atoms with Crippen molar-refractivity contribution in [2.75, 3.05) is 19.6 Å². The summed E-state index contributed by atoms with van der Waals surface area (Å²) in [7, 11) is 0. The lowest BCUT2D eigenvalue weighted by Gasteiger charge is -2.35. The van der Waals surface area contributed by atoms with Crippen molar-refractivity contribution < 1.29 is 9.90 Å². The number of rotatable bonds is 5. The van der Waals surface area contributed by atoms with Gasteiger partial charge in [0.25, 0.3) is 0 Å². The zero-order valence-corrected chi connectivity index (χ0v) is 12.1. The van der Waals surface area contributed by atoms with Crippen molar-refractivity contribution >= 4 is 5.91 Å². The molecule has 1 heterocycles. The van der Waals surface area contributed by atoms with Crippen molar-refractivity contribution in [3.8, 4) is 0 Å². The Hall–Kier alpha value is -1.39. The van der Waals surface area contributed by atoms with Crippen LogP contribution in [-0.2, 0) is 11.3 Å². The van der Waals surface area contributed by atoms with Crippen molar-refractivity contribution in [1.82, 2.24) is 10.2 Å². The first-order valence-electron chi connectivity index (χ1n) is 7.40. The summed E-state index contributed by atoms with van der Waals surface area (Å²) in [6.45, 7) is 4.71. The summed E-state index contributed by atoms with van der Waals surface area (Å²) in [5.74, 6) is 0.353. The van der Waals surface area contributed by atoms with Gasteiger partial charge in [0.15, 0.2) is 0 Å². The van der Waals surface area contributed by atoms with Crippen LogP contribution in [0.1, 0.15) is 25.3 Å². The first kappa shape index (κ1) is 15.0. The number of benzene rings is 1. The van der Waals surface area contributed by atoms with E-state index in [9.17, 15) is 9.90 Å². The lowest BCUT2D eigenvalue weighted by molar-refractivity contribution is -0.123. The molecule has 0 saturated carbocycles. The van der Waals surface area contributed by atoms with E-state index in [0.29, 0.717) is 19.0 Å². The SMILES string of the molecule is CCC1CN(CC(=O)NCc2ccccc2)CCC1O. The molecule has 0 aromatic heterocycles. The summed E-state index contributed by atoms with van der Waals surface area (Å²) in [6.07, 6.45) is 1.52. The monoisotopic (exact) mass is 276 g/mol. The van der Waals surface area contributed by atoms with E-state index in [1.165, 1.54) is 0 Å². The lowest BCUT2D eigenvalue weighted by atomic mass is 9.92. The largest absolute Gasteiger partial charge is 0.393 e. The van der Waals surface area contributed by atoms with Gasteiger partial charge in [-0.2, -0.15) is 0 Å². The number of aliphatic hydroxyl groups is 1. The fourth-order valence-electron chi connectivity index (χ4n) is 2.70. The van der Waals surface area contributed by atoms with Crippen LogP contribution in [0.4, 0.5) is 0 Å². The highest BCUT2D eigenvalue weighted by molar-refractivity contribution is 5.78. The molecule has 1 saturated heterocycles. The Kier molecular flexibility index (Phi) is 5.56. The number of nitrogens with zero attached hydrogens (tertiary/aromatic N) is 1. The van der Waals surface area contributed by atoms with Gasteiger partial charge < -0.3 is 10.4 Å². The van der Waals surface area contributed by atoms with Crippen LogP contribution in [0, 0.1) is 5.92 Å². The van der Waals surface area contributed by atoms with Crippen LogP contribution >= 0.6 is 0 Å². The third kappa shape index (κ3) is 4.32. The fraction of sp³-hybridized carbons (Fsp3) is 0.562. The Balaban J connectivity index is 1.74. The number of hydrogen-bond acceptors (Lipinski definition) is 3. The highest BCUT2D eigenvalue weighted by atomic mass is 16.3. The summed E-state index contributed by atoms with van der Waals surface area (Å²) in [5, 5.41) is 12.8. The molecule has 1 aromatic carbocycles. The molecular formula is C16H24N2O2. The molecule has 2 rings (SSSR count). The smallest absolute Gasteiger partial charge is 0.234 e. The zero-order chi connectivity index (χ0) is 14.4. The van der Waals surface area contributed by atoms with Gasteiger partial charge in [0.2, 0.25) is 5.91 Å². The summed E-state index contributed by atoms with van der Waals surface area (Å²) < 4.78 is 0. The van der Waals surface area contributed by atoms with Crippen LogP contribution < -0.4 is 5.32 Å². The van der Waals surface area contributed by atoms with Gasteiger partial charge in [-0.3, -0.25) is 9.69 Å². The van der Waals surface area contributed by atoms with Gasteiger partial charge in [-0.05, 0) is 24.3 Å². The molecule has 1 aliphatic heterocycles. The second kappa shape index (κ2) is 7.41. The van der Waals surface area contributed by atoms with E-state index in [0.717, 1.165) is 31.5 Å². The molecule has 2 N–H and O–H groups in total. The van der Waals surface area contributed by atoms with Gasteiger partial charge in [-0.25, -0.2) is 0 Å². The second-order valence-electron chi connectivity index (χ2n) is 5.52. The number of piperidine rings is 1. The van der Waals surface area contributed by atoms with Crippen molar-refractivity contribution in [3.05, 3.63) is 35.9 Å². The van der Waals surface area contributed by atoms with Gasteiger partial charge >= 0.3 is 0 Å². The highest BCUT2D eigenvalue weighted by Gasteiger charge is 2.27. The van der Waals surface area contributed by atoms with E-state index in [2.05, 4.69) is 17.1 Å². The zero-order valence-electron chi connectivity index (χ0n) is 12.1.